The fourth-order valence-electron chi connectivity index (χ4n) is 3.29. The van der Waals surface area contributed by atoms with Gasteiger partial charge in [0.25, 0.3) is 0 Å². The highest BCUT2D eigenvalue weighted by molar-refractivity contribution is 5.15. The van der Waals surface area contributed by atoms with Crippen molar-refractivity contribution in [3.63, 3.8) is 0 Å². The minimum Gasteiger partial charge on any atom is -0.492 e. The fourth-order valence-corrected chi connectivity index (χ4v) is 3.29. The third-order valence-corrected chi connectivity index (χ3v) is 4.43. The quantitative estimate of drug-likeness (QED) is 0.716. The number of furan rings is 1. The number of ether oxygens (including phenoxy) is 1. The van der Waals surface area contributed by atoms with Gasteiger partial charge in [0, 0.05) is 37.6 Å². The van der Waals surface area contributed by atoms with Crippen molar-refractivity contribution in [2.24, 2.45) is 5.92 Å². The van der Waals surface area contributed by atoms with Crippen LogP contribution >= 0.6 is 0 Å². The maximum absolute atomic E-state index is 5.95. The highest BCUT2D eigenvalue weighted by Gasteiger charge is 2.23. The maximum Gasteiger partial charge on any atom is 0.137 e. The molecule has 0 N–H and O–H groups in total. The van der Waals surface area contributed by atoms with E-state index in [-0.39, 0.29) is 0 Å². The summed E-state index contributed by atoms with van der Waals surface area (Å²) in [6.07, 6.45) is 7.42. The molecule has 0 spiro atoms. The van der Waals surface area contributed by atoms with Crippen LogP contribution in [0.15, 0.2) is 53.5 Å². The number of rotatable bonds is 5. The molecule has 4 heterocycles. The Hall–Kier alpha value is -2.60. The highest BCUT2D eigenvalue weighted by Crippen LogP contribution is 2.20. The average Bonchev–Trinajstić information content (AvgIpc) is 3.19. The van der Waals surface area contributed by atoms with Crippen LogP contribution in [0.3, 0.4) is 0 Å². The lowest BCUT2D eigenvalue weighted by molar-refractivity contribution is 0.159. The molecule has 0 aromatic carbocycles. The van der Waals surface area contributed by atoms with Crippen molar-refractivity contribution in [2.75, 3.05) is 13.2 Å². The second-order valence-electron chi connectivity index (χ2n) is 6.54. The van der Waals surface area contributed by atoms with Crippen LogP contribution < -0.4 is 4.74 Å². The first-order valence-electron chi connectivity index (χ1n) is 8.57. The van der Waals surface area contributed by atoms with Crippen molar-refractivity contribution in [1.82, 2.24) is 19.4 Å². The molecule has 4 rings (SSSR count). The molecule has 1 atom stereocenters. The van der Waals surface area contributed by atoms with Crippen LogP contribution in [-0.4, -0.2) is 32.6 Å². The zero-order valence-corrected chi connectivity index (χ0v) is 14.3. The number of imidazole rings is 1. The van der Waals surface area contributed by atoms with E-state index >= 15 is 0 Å². The van der Waals surface area contributed by atoms with Gasteiger partial charge in [-0.05, 0) is 31.2 Å². The molecule has 25 heavy (non-hydrogen) atoms. The van der Waals surface area contributed by atoms with E-state index < -0.39 is 0 Å². The number of aryl methyl sites for hydroxylation is 1. The Morgan fingerprint density at radius 1 is 1.24 bits per heavy atom. The zero-order valence-electron chi connectivity index (χ0n) is 14.3. The van der Waals surface area contributed by atoms with Gasteiger partial charge in [-0.1, -0.05) is 0 Å². The third kappa shape index (κ3) is 3.91. The van der Waals surface area contributed by atoms with Gasteiger partial charge in [-0.2, -0.15) is 0 Å². The second kappa shape index (κ2) is 7.11. The molecule has 0 aliphatic carbocycles. The summed E-state index contributed by atoms with van der Waals surface area (Å²) < 4.78 is 13.9. The molecule has 0 amide bonds. The van der Waals surface area contributed by atoms with Crippen LogP contribution in [0, 0.1) is 12.8 Å². The van der Waals surface area contributed by atoms with Crippen LogP contribution in [-0.2, 0) is 19.6 Å². The lowest BCUT2D eigenvalue weighted by atomic mass is 10.1. The van der Waals surface area contributed by atoms with Gasteiger partial charge >= 0.3 is 0 Å². The second-order valence-corrected chi connectivity index (χ2v) is 6.54. The van der Waals surface area contributed by atoms with Crippen molar-refractivity contribution in [2.45, 2.75) is 26.6 Å². The molecule has 0 saturated heterocycles. The fraction of sp³-hybridized carbons (Fsp3) is 0.368. The minimum atomic E-state index is 0.367. The Morgan fingerprint density at radius 3 is 3.00 bits per heavy atom. The van der Waals surface area contributed by atoms with E-state index in [1.54, 1.807) is 12.4 Å². The van der Waals surface area contributed by atoms with Crippen molar-refractivity contribution in [3.8, 4) is 5.75 Å². The van der Waals surface area contributed by atoms with E-state index in [9.17, 15) is 0 Å². The van der Waals surface area contributed by atoms with Crippen LogP contribution in [0.2, 0.25) is 0 Å². The summed E-state index contributed by atoms with van der Waals surface area (Å²) in [5.74, 6) is 4.21. The van der Waals surface area contributed by atoms with Crippen LogP contribution in [0.25, 0.3) is 0 Å². The lowest BCUT2D eigenvalue weighted by Crippen LogP contribution is -2.30. The Morgan fingerprint density at radius 2 is 2.20 bits per heavy atom. The Balaban J connectivity index is 1.47. The molecule has 1 unspecified atom stereocenters. The van der Waals surface area contributed by atoms with Gasteiger partial charge in [-0.15, -0.1) is 0 Å². The van der Waals surface area contributed by atoms with Gasteiger partial charge in [0.1, 0.15) is 23.1 Å². The predicted molar refractivity (Wildman–Crippen MR) is 93.0 cm³/mol. The van der Waals surface area contributed by atoms with E-state index in [1.165, 1.54) is 0 Å². The standard InChI is InChI=1S/C19H22N4O2/c1-15-4-5-18(25-15)12-22-10-16(11-23-8-7-21-19(23)13-22)14-24-17-3-2-6-20-9-17/h2-9,16H,10-14H2,1H3. The van der Waals surface area contributed by atoms with Crippen LogP contribution in [0.4, 0.5) is 0 Å². The van der Waals surface area contributed by atoms with Gasteiger partial charge in [-0.25, -0.2) is 4.98 Å². The van der Waals surface area contributed by atoms with E-state index in [0.29, 0.717) is 12.5 Å². The van der Waals surface area contributed by atoms with Crippen molar-refractivity contribution < 1.29 is 9.15 Å². The van der Waals surface area contributed by atoms with E-state index in [1.807, 2.05) is 43.6 Å². The molecule has 0 bridgehead atoms. The first-order valence-corrected chi connectivity index (χ1v) is 8.57. The monoisotopic (exact) mass is 338 g/mol. The first-order chi connectivity index (χ1) is 12.3. The summed E-state index contributed by atoms with van der Waals surface area (Å²) in [6.45, 7) is 6.06. The molecule has 6 nitrogen and oxygen atoms in total. The number of fused-ring (bicyclic) bond motifs is 1. The molecule has 1 aliphatic heterocycles. The lowest BCUT2D eigenvalue weighted by Gasteiger charge is -2.23. The molecule has 1 aliphatic rings. The van der Waals surface area contributed by atoms with Crippen molar-refractivity contribution in [3.05, 3.63) is 66.4 Å². The number of aromatic nitrogens is 3. The number of nitrogens with zero attached hydrogens (tertiary/aromatic N) is 4. The third-order valence-electron chi connectivity index (χ3n) is 4.43. The molecule has 3 aromatic rings. The molecular formula is C19H22N4O2. The molecule has 0 saturated carbocycles. The van der Waals surface area contributed by atoms with Gasteiger partial charge < -0.3 is 13.7 Å². The van der Waals surface area contributed by atoms with E-state index in [0.717, 1.165) is 49.3 Å². The van der Waals surface area contributed by atoms with E-state index in [2.05, 4.69) is 19.4 Å². The molecule has 3 aromatic heterocycles. The Bertz CT molecular complexity index is 812. The average molecular weight is 338 g/mol. The van der Waals surface area contributed by atoms with Gasteiger partial charge in [-0.3, -0.25) is 9.88 Å². The topological polar surface area (TPSA) is 56.3 Å². The molecular weight excluding hydrogens is 316 g/mol. The summed E-state index contributed by atoms with van der Waals surface area (Å²) in [5.41, 5.74) is 0. The molecule has 0 radical (unpaired) electrons. The summed E-state index contributed by atoms with van der Waals surface area (Å²) in [4.78, 5) is 11.0. The first kappa shape index (κ1) is 15.9. The number of pyridine rings is 1. The molecule has 130 valence electrons. The summed E-state index contributed by atoms with van der Waals surface area (Å²) in [7, 11) is 0. The summed E-state index contributed by atoms with van der Waals surface area (Å²) >= 11 is 0. The summed E-state index contributed by atoms with van der Waals surface area (Å²) in [6, 6.07) is 7.89. The Labute approximate surface area is 147 Å². The SMILES string of the molecule is Cc1ccc(CN2Cc3nccn3CC(COc3cccnc3)C2)o1. The van der Waals surface area contributed by atoms with Crippen LogP contribution in [0.5, 0.6) is 5.75 Å². The molecule has 0 fully saturated rings. The zero-order chi connectivity index (χ0) is 17.1. The highest BCUT2D eigenvalue weighted by atomic mass is 16.5. The van der Waals surface area contributed by atoms with E-state index in [4.69, 9.17) is 9.15 Å². The van der Waals surface area contributed by atoms with Crippen molar-refractivity contribution in [1.29, 1.82) is 0 Å². The van der Waals surface area contributed by atoms with Crippen molar-refractivity contribution >= 4 is 0 Å². The predicted octanol–water partition coefficient (Wildman–Crippen LogP) is 2.89. The smallest absolute Gasteiger partial charge is 0.137 e. The largest absolute Gasteiger partial charge is 0.492 e. The normalized spacial score (nSPS) is 17.9. The van der Waals surface area contributed by atoms with Gasteiger partial charge in [0.05, 0.1) is 25.9 Å². The minimum absolute atomic E-state index is 0.367. The number of hydrogen-bond donors (Lipinski definition) is 0. The van der Waals surface area contributed by atoms with Gasteiger partial charge in [0.15, 0.2) is 0 Å². The molecule has 6 heteroatoms. The Kier molecular flexibility index (Phi) is 4.52. The van der Waals surface area contributed by atoms with Crippen LogP contribution in [0.1, 0.15) is 17.3 Å². The maximum atomic E-state index is 5.95. The van der Waals surface area contributed by atoms with Gasteiger partial charge in [0.2, 0.25) is 0 Å². The summed E-state index contributed by atoms with van der Waals surface area (Å²) in [5, 5.41) is 0. The number of hydrogen-bond acceptors (Lipinski definition) is 5.